The number of ether oxygens (including phenoxy) is 2. The molecular weight excluding hydrogens is 291 g/mol. The Morgan fingerprint density at radius 3 is 2.14 bits per heavy atom. The molecule has 2 aromatic carbocycles. The predicted octanol–water partition coefficient (Wildman–Crippen LogP) is 5.03. The highest BCUT2D eigenvalue weighted by molar-refractivity contribution is 6.17. The van der Waals surface area contributed by atoms with Crippen molar-refractivity contribution in [1.82, 2.24) is 0 Å². The molecule has 0 aliphatic rings. The molecule has 0 amide bonds. The Balaban J connectivity index is 2.65. The molecule has 112 valence electrons. The monoisotopic (exact) mass is 308 g/mol. The molecule has 0 atom stereocenters. The van der Waals surface area contributed by atoms with Gasteiger partial charge in [-0.25, -0.2) is 4.39 Å². The van der Waals surface area contributed by atoms with E-state index in [4.69, 9.17) is 21.1 Å². The third kappa shape index (κ3) is 3.48. The SMILES string of the molecule is CCOc1cccc(OCC)c1-c1ccc(F)cc1CCl. The summed E-state index contributed by atoms with van der Waals surface area (Å²) in [7, 11) is 0. The van der Waals surface area contributed by atoms with Gasteiger partial charge in [-0.15, -0.1) is 11.6 Å². The van der Waals surface area contributed by atoms with Crippen LogP contribution in [0, 0.1) is 5.82 Å². The van der Waals surface area contributed by atoms with Gasteiger partial charge in [-0.2, -0.15) is 0 Å². The summed E-state index contributed by atoms with van der Waals surface area (Å²) in [5.74, 6) is 1.34. The van der Waals surface area contributed by atoms with Crippen LogP contribution < -0.4 is 9.47 Å². The van der Waals surface area contributed by atoms with E-state index < -0.39 is 0 Å². The fourth-order valence-electron chi connectivity index (χ4n) is 2.24. The van der Waals surface area contributed by atoms with Gasteiger partial charge >= 0.3 is 0 Å². The van der Waals surface area contributed by atoms with Crippen LogP contribution >= 0.6 is 11.6 Å². The van der Waals surface area contributed by atoms with E-state index in [1.807, 2.05) is 32.0 Å². The zero-order valence-electron chi connectivity index (χ0n) is 12.2. The Hall–Kier alpha value is -1.74. The molecule has 2 rings (SSSR count). The molecule has 0 aliphatic heterocycles. The van der Waals surface area contributed by atoms with Gasteiger partial charge in [0.2, 0.25) is 0 Å². The lowest BCUT2D eigenvalue weighted by Gasteiger charge is -2.17. The lowest BCUT2D eigenvalue weighted by atomic mass is 9.98. The molecule has 21 heavy (non-hydrogen) atoms. The molecule has 0 unspecified atom stereocenters. The van der Waals surface area contributed by atoms with E-state index >= 15 is 0 Å². The first kappa shape index (κ1) is 15.6. The summed E-state index contributed by atoms with van der Waals surface area (Å²) in [5, 5.41) is 0. The molecule has 0 fully saturated rings. The topological polar surface area (TPSA) is 18.5 Å². The second-order valence-electron chi connectivity index (χ2n) is 4.43. The average Bonchev–Trinajstić information content (AvgIpc) is 2.49. The number of rotatable bonds is 6. The molecule has 0 radical (unpaired) electrons. The summed E-state index contributed by atoms with van der Waals surface area (Å²) >= 11 is 5.96. The van der Waals surface area contributed by atoms with Crippen LogP contribution in [-0.4, -0.2) is 13.2 Å². The molecule has 0 heterocycles. The maximum atomic E-state index is 13.4. The van der Waals surface area contributed by atoms with Crippen LogP contribution in [-0.2, 0) is 5.88 Å². The molecule has 0 N–H and O–H groups in total. The highest BCUT2D eigenvalue weighted by atomic mass is 35.5. The zero-order chi connectivity index (χ0) is 15.2. The Morgan fingerprint density at radius 1 is 1.00 bits per heavy atom. The molecule has 2 aromatic rings. The van der Waals surface area contributed by atoms with Crippen LogP contribution in [0.25, 0.3) is 11.1 Å². The Morgan fingerprint density at radius 2 is 1.62 bits per heavy atom. The molecule has 4 heteroatoms. The van der Waals surface area contributed by atoms with Crippen molar-refractivity contribution >= 4 is 11.6 Å². The van der Waals surface area contributed by atoms with Crippen molar-refractivity contribution in [3.05, 3.63) is 47.8 Å². The lowest BCUT2D eigenvalue weighted by molar-refractivity contribution is 0.325. The first-order chi connectivity index (χ1) is 10.2. The van der Waals surface area contributed by atoms with E-state index in [0.29, 0.717) is 30.3 Å². The van der Waals surface area contributed by atoms with E-state index in [9.17, 15) is 4.39 Å². The number of alkyl halides is 1. The molecule has 0 saturated heterocycles. The minimum absolute atomic E-state index is 0.221. The summed E-state index contributed by atoms with van der Waals surface area (Å²) < 4.78 is 24.8. The van der Waals surface area contributed by atoms with Crippen molar-refractivity contribution in [2.75, 3.05) is 13.2 Å². The van der Waals surface area contributed by atoms with Crippen molar-refractivity contribution in [3.63, 3.8) is 0 Å². The van der Waals surface area contributed by atoms with Gasteiger partial charge in [0.05, 0.1) is 18.8 Å². The molecule has 0 aliphatic carbocycles. The Labute approximate surface area is 129 Å². The van der Waals surface area contributed by atoms with Crippen LogP contribution in [0.4, 0.5) is 4.39 Å². The van der Waals surface area contributed by atoms with Crippen molar-refractivity contribution in [1.29, 1.82) is 0 Å². The van der Waals surface area contributed by atoms with Crippen LogP contribution in [0.1, 0.15) is 19.4 Å². The quantitative estimate of drug-likeness (QED) is 0.697. The number of hydrogen-bond acceptors (Lipinski definition) is 2. The minimum atomic E-state index is -0.304. The average molecular weight is 309 g/mol. The largest absolute Gasteiger partial charge is 0.493 e. The number of hydrogen-bond donors (Lipinski definition) is 0. The summed E-state index contributed by atoms with van der Waals surface area (Å²) in [5.41, 5.74) is 2.36. The van der Waals surface area contributed by atoms with Gasteiger partial charge in [0, 0.05) is 5.88 Å². The second-order valence-corrected chi connectivity index (χ2v) is 4.70. The maximum absolute atomic E-state index is 13.4. The van der Waals surface area contributed by atoms with Gasteiger partial charge < -0.3 is 9.47 Å². The first-order valence-electron chi connectivity index (χ1n) is 6.94. The number of halogens is 2. The summed E-state index contributed by atoms with van der Waals surface area (Å²) in [6, 6.07) is 10.2. The van der Waals surface area contributed by atoms with Crippen molar-refractivity contribution in [2.24, 2.45) is 0 Å². The van der Waals surface area contributed by atoms with Gasteiger partial charge in [0.1, 0.15) is 17.3 Å². The van der Waals surface area contributed by atoms with Gasteiger partial charge in [-0.1, -0.05) is 12.1 Å². The fraction of sp³-hybridized carbons (Fsp3) is 0.294. The molecule has 0 spiro atoms. The third-order valence-electron chi connectivity index (χ3n) is 3.07. The van der Waals surface area contributed by atoms with E-state index in [1.165, 1.54) is 12.1 Å². The minimum Gasteiger partial charge on any atom is -0.493 e. The smallest absolute Gasteiger partial charge is 0.130 e. The summed E-state index contributed by atoms with van der Waals surface area (Å²) in [6.45, 7) is 4.93. The van der Waals surface area contributed by atoms with E-state index in [-0.39, 0.29) is 11.7 Å². The van der Waals surface area contributed by atoms with E-state index in [2.05, 4.69) is 0 Å². The van der Waals surface area contributed by atoms with Gasteiger partial charge in [-0.05, 0) is 49.2 Å². The van der Waals surface area contributed by atoms with Crippen molar-refractivity contribution in [3.8, 4) is 22.6 Å². The molecule has 2 nitrogen and oxygen atoms in total. The normalized spacial score (nSPS) is 10.5. The van der Waals surface area contributed by atoms with Gasteiger partial charge in [0.15, 0.2) is 0 Å². The molecular formula is C17H18ClFO2. The summed E-state index contributed by atoms with van der Waals surface area (Å²) in [4.78, 5) is 0. The van der Waals surface area contributed by atoms with Gasteiger partial charge in [0.25, 0.3) is 0 Å². The highest BCUT2D eigenvalue weighted by Crippen LogP contribution is 2.40. The maximum Gasteiger partial charge on any atom is 0.130 e. The van der Waals surface area contributed by atoms with Crippen molar-refractivity contribution in [2.45, 2.75) is 19.7 Å². The lowest BCUT2D eigenvalue weighted by Crippen LogP contribution is -2.00. The predicted molar refractivity (Wildman–Crippen MR) is 83.7 cm³/mol. The molecule has 0 saturated carbocycles. The third-order valence-corrected chi connectivity index (χ3v) is 3.36. The molecule has 0 bridgehead atoms. The second kappa shape index (κ2) is 7.32. The Bertz CT molecular complexity index is 589. The van der Waals surface area contributed by atoms with E-state index in [0.717, 1.165) is 11.1 Å². The van der Waals surface area contributed by atoms with E-state index in [1.54, 1.807) is 6.07 Å². The zero-order valence-corrected chi connectivity index (χ0v) is 12.9. The van der Waals surface area contributed by atoms with Crippen molar-refractivity contribution < 1.29 is 13.9 Å². The highest BCUT2D eigenvalue weighted by Gasteiger charge is 2.16. The fourth-order valence-corrected chi connectivity index (χ4v) is 2.47. The molecule has 0 aromatic heterocycles. The van der Waals surface area contributed by atoms with Crippen LogP contribution in [0.5, 0.6) is 11.5 Å². The van der Waals surface area contributed by atoms with Crippen LogP contribution in [0.15, 0.2) is 36.4 Å². The first-order valence-corrected chi connectivity index (χ1v) is 7.48. The Kier molecular flexibility index (Phi) is 5.45. The van der Waals surface area contributed by atoms with Crippen LogP contribution in [0.3, 0.4) is 0 Å². The summed E-state index contributed by atoms with van der Waals surface area (Å²) in [6.07, 6.45) is 0. The van der Waals surface area contributed by atoms with Gasteiger partial charge in [-0.3, -0.25) is 0 Å². The van der Waals surface area contributed by atoms with Crippen LogP contribution in [0.2, 0.25) is 0 Å². The number of benzene rings is 2. The standard InChI is InChI=1S/C17H18ClFO2/c1-3-20-15-6-5-7-16(21-4-2)17(15)14-9-8-13(19)10-12(14)11-18/h5-10H,3-4,11H2,1-2H3.